The average molecular weight is 271 g/mol. The topological polar surface area (TPSA) is 55.1 Å². The lowest BCUT2D eigenvalue weighted by atomic mass is 10.0. The van der Waals surface area contributed by atoms with E-state index in [1.54, 1.807) is 0 Å². The molecule has 3 N–H and O–H groups in total. The first-order valence-corrected chi connectivity index (χ1v) is 6.29. The van der Waals surface area contributed by atoms with Crippen LogP contribution in [0.1, 0.15) is 32.3 Å². The minimum Gasteiger partial charge on any atom is -0.399 e. The van der Waals surface area contributed by atoms with Crippen LogP contribution in [0.2, 0.25) is 0 Å². The minimum absolute atomic E-state index is 0. The molecule has 0 aliphatic carbocycles. The zero-order valence-corrected chi connectivity index (χ0v) is 11.9. The number of benzene rings is 1. The zero-order valence-electron chi connectivity index (χ0n) is 11.1. The van der Waals surface area contributed by atoms with Gasteiger partial charge in [-0.3, -0.25) is 4.79 Å². The molecule has 0 atom stereocenters. The summed E-state index contributed by atoms with van der Waals surface area (Å²) in [5, 5.41) is 2.98. The number of anilines is 1. The summed E-state index contributed by atoms with van der Waals surface area (Å²) < 4.78 is 0. The molecule has 0 aliphatic heterocycles. The van der Waals surface area contributed by atoms with Gasteiger partial charge in [0.2, 0.25) is 5.91 Å². The van der Waals surface area contributed by atoms with Crippen molar-refractivity contribution in [3.05, 3.63) is 29.8 Å². The number of rotatable bonds is 6. The molecule has 0 heterocycles. The van der Waals surface area contributed by atoms with Gasteiger partial charge in [-0.25, -0.2) is 0 Å². The molecule has 0 saturated carbocycles. The molecule has 1 aromatic carbocycles. The van der Waals surface area contributed by atoms with Gasteiger partial charge in [-0.2, -0.15) is 0 Å². The number of nitrogen functional groups attached to an aromatic ring is 1. The summed E-state index contributed by atoms with van der Waals surface area (Å²) >= 11 is 0. The van der Waals surface area contributed by atoms with E-state index in [4.69, 9.17) is 5.73 Å². The third-order valence-electron chi connectivity index (χ3n) is 3.05. The smallest absolute Gasteiger partial charge is 0.223 e. The summed E-state index contributed by atoms with van der Waals surface area (Å²) in [6.07, 6.45) is 2.67. The van der Waals surface area contributed by atoms with E-state index in [0.717, 1.165) is 24.9 Å². The first kappa shape index (κ1) is 16.8. The van der Waals surface area contributed by atoms with Crippen molar-refractivity contribution in [3.8, 4) is 0 Å². The van der Waals surface area contributed by atoms with Crippen molar-refractivity contribution in [3.63, 3.8) is 0 Å². The number of amides is 1. The van der Waals surface area contributed by atoms with E-state index >= 15 is 0 Å². The van der Waals surface area contributed by atoms with E-state index < -0.39 is 0 Å². The Hall–Kier alpha value is -1.22. The van der Waals surface area contributed by atoms with Gasteiger partial charge in [-0.05, 0) is 37.0 Å². The summed E-state index contributed by atoms with van der Waals surface area (Å²) in [7, 11) is 0. The van der Waals surface area contributed by atoms with Gasteiger partial charge < -0.3 is 11.1 Å². The quantitative estimate of drug-likeness (QED) is 0.781. The van der Waals surface area contributed by atoms with E-state index in [9.17, 15) is 4.79 Å². The molecular formula is C14H23ClN2O. The highest BCUT2D eigenvalue weighted by Crippen LogP contribution is 2.08. The van der Waals surface area contributed by atoms with Crippen molar-refractivity contribution in [1.82, 2.24) is 5.32 Å². The summed E-state index contributed by atoms with van der Waals surface area (Å²) in [5.74, 6) is 0.326. The van der Waals surface area contributed by atoms with Crippen molar-refractivity contribution < 1.29 is 4.79 Å². The number of nitrogens with one attached hydrogen (secondary N) is 1. The van der Waals surface area contributed by atoms with Gasteiger partial charge in [0.25, 0.3) is 0 Å². The maximum absolute atomic E-state index is 11.7. The maximum atomic E-state index is 11.7. The summed E-state index contributed by atoms with van der Waals surface area (Å²) in [5.41, 5.74) is 7.58. The molecule has 3 nitrogen and oxygen atoms in total. The third kappa shape index (κ3) is 5.41. The summed E-state index contributed by atoms with van der Waals surface area (Å²) in [6, 6.07) is 7.77. The predicted octanol–water partition coefficient (Wildman–Crippen LogP) is 2.79. The van der Waals surface area contributed by atoms with Gasteiger partial charge in [-0.1, -0.05) is 26.0 Å². The Morgan fingerprint density at radius 3 is 2.28 bits per heavy atom. The van der Waals surface area contributed by atoms with E-state index in [1.165, 1.54) is 5.56 Å². The lowest BCUT2D eigenvalue weighted by molar-refractivity contribution is -0.125. The number of hydrogen-bond donors (Lipinski definition) is 2. The average Bonchev–Trinajstić information content (AvgIpc) is 2.33. The van der Waals surface area contributed by atoms with E-state index in [0.29, 0.717) is 6.54 Å². The fraction of sp³-hybridized carbons (Fsp3) is 0.500. The van der Waals surface area contributed by atoms with Gasteiger partial charge in [0.1, 0.15) is 0 Å². The van der Waals surface area contributed by atoms with Crippen LogP contribution in [-0.4, -0.2) is 12.5 Å². The van der Waals surface area contributed by atoms with Crippen LogP contribution in [0.4, 0.5) is 5.69 Å². The van der Waals surface area contributed by atoms with Crippen molar-refractivity contribution in [1.29, 1.82) is 0 Å². The van der Waals surface area contributed by atoms with Crippen LogP contribution in [0.15, 0.2) is 24.3 Å². The molecule has 4 heteroatoms. The molecule has 1 amide bonds. The van der Waals surface area contributed by atoms with Crippen LogP contribution in [0.3, 0.4) is 0 Å². The van der Waals surface area contributed by atoms with Gasteiger partial charge in [0.15, 0.2) is 0 Å². The Bertz CT molecular complexity index is 347. The van der Waals surface area contributed by atoms with Crippen LogP contribution in [0, 0.1) is 5.92 Å². The second-order valence-corrected chi connectivity index (χ2v) is 4.30. The molecule has 1 rings (SSSR count). The maximum Gasteiger partial charge on any atom is 0.223 e. The standard InChI is InChI=1S/C14H22N2O.ClH/c1-3-12(4-2)14(17)16-10-9-11-5-7-13(15)8-6-11;/h5-8,12H,3-4,9-10,15H2,1-2H3,(H,16,17);1H. The monoisotopic (exact) mass is 270 g/mol. The highest BCUT2D eigenvalue weighted by atomic mass is 35.5. The fourth-order valence-corrected chi connectivity index (χ4v) is 1.82. The molecule has 0 unspecified atom stereocenters. The van der Waals surface area contributed by atoms with Gasteiger partial charge in [-0.15, -0.1) is 12.4 Å². The molecule has 0 spiro atoms. The third-order valence-corrected chi connectivity index (χ3v) is 3.05. The largest absolute Gasteiger partial charge is 0.399 e. The van der Waals surface area contributed by atoms with Crippen LogP contribution >= 0.6 is 12.4 Å². The van der Waals surface area contributed by atoms with E-state index in [1.807, 2.05) is 38.1 Å². The van der Waals surface area contributed by atoms with Crippen LogP contribution in [0.25, 0.3) is 0 Å². The van der Waals surface area contributed by atoms with Gasteiger partial charge in [0.05, 0.1) is 0 Å². The van der Waals surface area contributed by atoms with Crippen molar-refractivity contribution in [2.75, 3.05) is 12.3 Å². The molecule has 18 heavy (non-hydrogen) atoms. The fourth-order valence-electron chi connectivity index (χ4n) is 1.82. The van der Waals surface area contributed by atoms with E-state index in [2.05, 4.69) is 5.32 Å². The Balaban J connectivity index is 0.00000289. The van der Waals surface area contributed by atoms with Crippen LogP contribution < -0.4 is 11.1 Å². The van der Waals surface area contributed by atoms with Gasteiger partial charge >= 0.3 is 0 Å². The number of carbonyl (C=O) groups is 1. The lowest BCUT2D eigenvalue weighted by Crippen LogP contribution is -2.31. The molecule has 0 saturated heterocycles. The molecule has 1 aromatic rings. The molecule has 0 radical (unpaired) electrons. The highest BCUT2D eigenvalue weighted by molar-refractivity contribution is 5.85. The Morgan fingerprint density at radius 2 is 1.78 bits per heavy atom. The van der Waals surface area contributed by atoms with Crippen LogP contribution in [0.5, 0.6) is 0 Å². The first-order valence-electron chi connectivity index (χ1n) is 6.29. The predicted molar refractivity (Wildman–Crippen MR) is 78.9 cm³/mol. The van der Waals surface area contributed by atoms with Crippen molar-refractivity contribution in [2.45, 2.75) is 33.1 Å². The SMILES string of the molecule is CCC(CC)C(=O)NCCc1ccc(N)cc1.Cl. The molecular weight excluding hydrogens is 248 g/mol. The Morgan fingerprint density at radius 1 is 1.22 bits per heavy atom. The molecule has 0 aliphatic rings. The Kier molecular flexibility index (Phi) is 8.21. The second-order valence-electron chi connectivity index (χ2n) is 4.30. The summed E-state index contributed by atoms with van der Waals surface area (Å²) in [6.45, 7) is 4.79. The molecule has 0 bridgehead atoms. The molecule has 0 fully saturated rings. The van der Waals surface area contributed by atoms with Gasteiger partial charge in [0, 0.05) is 18.2 Å². The number of nitrogens with two attached hydrogens (primary N) is 1. The zero-order chi connectivity index (χ0) is 12.7. The normalized spacial score (nSPS) is 9.94. The summed E-state index contributed by atoms with van der Waals surface area (Å²) in [4.78, 5) is 11.7. The first-order chi connectivity index (χ1) is 8.17. The lowest BCUT2D eigenvalue weighted by Gasteiger charge is -2.12. The van der Waals surface area contributed by atoms with Crippen LogP contribution in [-0.2, 0) is 11.2 Å². The van der Waals surface area contributed by atoms with E-state index in [-0.39, 0.29) is 24.2 Å². The second kappa shape index (κ2) is 8.81. The van der Waals surface area contributed by atoms with Crippen molar-refractivity contribution >= 4 is 24.0 Å². The molecule has 102 valence electrons. The number of halogens is 1. The van der Waals surface area contributed by atoms with Crippen molar-refractivity contribution in [2.24, 2.45) is 5.92 Å². The number of carbonyl (C=O) groups excluding carboxylic acids is 1. The highest BCUT2D eigenvalue weighted by Gasteiger charge is 2.12. The minimum atomic E-state index is 0. The molecule has 0 aromatic heterocycles. The number of hydrogen-bond acceptors (Lipinski definition) is 2. The Labute approximate surface area is 116 Å².